The Labute approximate surface area is 489 Å². The number of unbranched alkanes of at least 4 members (excludes halogenated alkanes) is 12. The zero-order valence-corrected chi connectivity index (χ0v) is 51.9. The molecule has 450 valence electrons. The lowest BCUT2D eigenvalue weighted by Crippen LogP contribution is -2.37. The van der Waals surface area contributed by atoms with E-state index in [0.29, 0.717) is 23.9 Å². The van der Waals surface area contributed by atoms with Gasteiger partial charge in [-0.3, -0.25) is 18.6 Å². The van der Waals surface area contributed by atoms with Crippen LogP contribution in [0.3, 0.4) is 0 Å². The van der Waals surface area contributed by atoms with Crippen LogP contribution in [0.2, 0.25) is 0 Å². The number of hydrogen-bond acceptors (Lipinski definition) is 7. The minimum atomic E-state index is -4.41. The smallest absolute Gasteiger partial charge is 0.462 e. The van der Waals surface area contributed by atoms with Gasteiger partial charge in [-0.15, -0.1) is 0 Å². The van der Waals surface area contributed by atoms with Crippen LogP contribution in [0.1, 0.15) is 206 Å². The summed E-state index contributed by atoms with van der Waals surface area (Å²) in [6, 6.07) is 0. The van der Waals surface area contributed by atoms with Gasteiger partial charge in [0.05, 0.1) is 27.7 Å². The van der Waals surface area contributed by atoms with Crippen LogP contribution in [0, 0.1) is 0 Å². The summed E-state index contributed by atoms with van der Waals surface area (Å²) in [4.78, 5) is 35.7. The highest BCUT2D eigenvalue weighted by molar-refractivity contribution is 7.47. The molecule has 9 nitrogen and oxygen atoms in total. The van der Waals surface area contributed by atoms with Crippen molar-refractivity contribution in [3.8, 4) is 0 Å². The lowest BCUT2D eigenvalue weighted by atomic mass is 10.1. The molecule has 0 fully saturated rings. The number of ether oxygens (including phenoxy) is 2. The number of carbonyl (C=O) groups excluding carboxylic acids is 2. The second-order valence-electron chi connectivity index (χ2n) is 21.0. The number of esters is 2. The topological polar surface area (TPSA) is 108 Å². The Morgan fingerprint density at radius 2 is 0.675 bits per heavy atom. The van der Waals surface area contributed by atoms with E-state index in [-0.39, 0.29) is 26.1 Å². The van der Waals surface area contributed by atoms with Crippen LogP contribution in [-0.2, 0) is 32.7 Å². The molecule has 0 aliphatic carbocycles. The van der Waals surface area contributed by atoms with Crippen LogP contribution < -0.4 is 0 Å². The number of hydrogen-bond donors (Lipinski definition) is 1. The molecule has 0 aliphatic heterocycles. The first-order valence-electron chi connectivity index (χ1n) is 30.9. The van der Waals surface area contributed by atoms with Gasteiger partial charge in [0.15, 0.2) is 6.10 Å². The molecule has 0 aromatic carbocycles. The number of rotatable bonds is 54. The first-order chi connectivity index (χ1) is 39.0. The van der Waals surface area contributed by atoms with Crippen molar-refractivity contribution in [2.45, 2.75) is 213 Å². The summed E-state index contributed by atoms with van der Waals surface area (Å²) in [6.07, 6.45) is 90.0. The summed E-state index contributed by atoms with van der Waals surface area (Å²) in [5, 5.41) is 0. The summed E-state index contributed by atoms with van der Waals surface area (Å²) in [5.74, 6) is -0.845. The van der Waals surface area contributed by atoms with E-state index in [1.165, 1.54) is 19.3 Å². The van der Waals surface area contributed by atoms with Crippen molar-refractivity contribution in [2.24, 2.45) is 0 Å². The maximum Gasteiger partial charge on any atom is 0.472 e. The van der Waals surface area contributed by atoms with Crippen molar-refractivity contribution < 1.29 is 42.1 Å². The van der Waals surface area contributed by atoms with Crippen LogP contribution in [0.25, 0.3) is 0 Å². The minimum absolute atomic E-state index is 0.0162. The van der Waals surface area contributed by atoms with Crippen molar-refractivity contribution >= 4 is 19.8 Å². The van der Waals surface area contributed by atoms with Gasteiger partial charge in [0.25, 0.3) is 0 Å². The summed E-state index contributed by atoms with van der Waals surface area (Å²) < 4.78 is 34.5. The maximum atomic E-state index is 12.8. The van der Waals surface area contributed by atoms with E-state index in [0.717, 1.165) is 148 Å². The van der Waals surface area contributed by atoms with Crippen molar-refractivity contribution in [2.75, 3.05) is 47.5 Å². The highest BCUT2D eigenvalue weighted by Gasteiger charge is 2.27. The predicted octanol–water partition coefficient (Wildman–Crippen LogP) is 19.8. The molecule has 0 aromatic heterocycles. The van der Waals surface area contributed by atoms with Gasteiger partial charge < -0.3 is 18.9 Å². The molecular formula is C70H113NO8P+. The normalized spacial score (nSPS) is 14.4. The second kappa shape index (κ2) is 59.0. The standard InChI is InChI=1S/C70H112NO8P/c1-6-8-10-12-14-16-18-20-22-24-25-26-27-28-29-30-31-32-33-34-35-36-37-38-39-40-41-42-43-44-45-47-49-51-53-55-57-59-61-63-70(73)79-68(67-78-80(74,75)77-65-64-71(3,4)5)66-76-69(72)62-60-58-56-54-52-50-48-46-23-21-19-17-15-13-11-9-7-2/h8-11,14-17,20-23,25-26,28-29,31-32,34-35,37-38,40-41,43-44,47,49,68H,6-7,12-13,18-19,24,27,30,33,36,39,42,45-46,48,50-67H2,1-5H3/p+1/b10-8-,11-9-,16-14-,17-15-,22-20-,23-21-,26-25-,29-28-,32-31-,35-34-,38-37-,41-40-,44-43-,49-47-. The monoisotopic (exact) mass is 1130 g/mol. The van der Waals surface area contributed by atoms with Gasteiger partial charge in [-0.1, -0.05) is 235 Å². The van der Waals surface area contributed by atoms with E-state index in [9.17, 15) is 19.0 Å². The molecule has 0 saturated heterocycles. The fourth-order valence-electron chi connectivity index (χ4n) is 7.56. The average Bonchev–Trinajstić information content (AvgIpc) is 3.42. The van der Waals surface area contributed by atoms with Gasteiger partial charge in [0.1, 0.15) is 19.8 Å². The first kappa shape index (κ1) is 75.4. The third-order valence-electron chi connectivity index (χ3n) is 12.2. The summed E-state index contributed by atoms with van der Waals surface area (Å²) in [6.45, 7) is 4.14. The molecule has 0 rings (SSSR count). The van der Waals surface area contributed by atoms with Gasteiger partial charge in [-0.25, -0.2) is 4.57 Å². The fraction of sp³-hybridized carbons (Fsp3) is 0.571. The van der Waals surface area contributed by atoms with Crippen LogP contribution in [-0.4, -0.2) is 74.9 Å². The Kier molecular flexibility index (Phi) is 55.6. The highest BCUT2D eigenvalue weighted by Crippen LogP contribution is 2.43. The highest BCUT2D eigenvalue weighted by atomic mass is 31.2. The molecule has 0 amide bonds. The molecule has 0 heterocycles. The van der Waals surface area contributed by atoms with E-state index in [4.69, 9.17) is 18.5 Å². The zero-order valence-electron chi connectivity index (χ0n) is 51.0. The predicted molar refractivity (Wildman–Crippen MR) is 343 cm³/mol. The van der Waals surface area contributed by atoms with Gasteiger partial charge in [-0.05, 0) is 128 Å². The van der Waals surface area contributed by atoms with Crippen LogP contribution in [0.4, 0.5) is 0 Å². The number of phosphoric acid groups is 1. The molecular weight excluding hydrogens is 1010 g/mol. The molecule has 10 heteroatoms. The molecule has 2 atom stereocenters. The van der Waals surface area contributed by atoms with E-state index in [1.54, 1.807) is 0 Å². The number of carbonyl (C=O) groups is 2. The third kappa shape index (κ3) is 62.6. The Balaban J connectivity index is 4.21. The van der Waals surface area contributed by atoms with Gasteiger partial charge in [0, 0.05) is 12.8 Å². The summed E-state index contributed by atoms with van der Waals surface area (Å²) in [7, 11) is 1.43. The van der Waals surface area contributed by atoms with Gasteiger partial charge in [-0.2, -0.15) is 0 Å². The van der Waals surface area contributed by atoms with E-state index in [2.05, 4.69) is 184 Å². The molecule has 0 radical (unpaired) electrons. The van der Waals surface area contributed by atoms with E-state index in [1.807, 2.05) is 21.1 Å². The van der Waals surface area contributed by atoms with Crippen molar-refractivity contribution in [1.82, 2.24) is 0 Å². The zero-order chi connectivity index (χ0) is 58.4. The van der Waals surface area contributed by atoms with Crippen LogP contribution in [0.5, 0.6) is 0 Å². The number of phosphoric ester groups is 1. The summed E-state index contributed by atoms with van der Waals surface area (Å²) in [5.41, 5.74) is 0. The van der Waals surface area contributed by atoms with Gasteiger partial charge >= 0.3 is 19.8 Å². The Bertz CT molecular complexity index is 1950. The Hall–Kier alpha value is -4.63. The lowest BCUT2D eigenvalue weighted by molar-refractivity contribution is -0.870. The minimum Gasteiger partial charge on any atom is -0.462 e. The Morgan fingerprint density at radius 1 is 0.388 bits per heavy atom. The molecule has 80 heavy (non-hydrogen) atoms. The number of nitrogens with zero attached hydrogens (tertiary/aromatic N) is 1. The number of quaternary nitrogens is 1. The molecule has 1 N–H and O–H groups in total. The lowest BCUT2D eigenvalue weighted by Gasteiger charge is -2.24. The quantitative estimate of drug-likeness (QED) is 0.0211. The molecule has 0 spiro atoms. The van der Waals surface area contributed by atoms with Crippen LogP contribution in [0.15, 0.2) is 170 Å². The number of allylic oxidation sites excluding steroid dienone is 28. The second-order valence-corrected chi connectivity index (χ2v) is 22.4. The van der Waals surface area contributed by atoms with E-state index >= 15 is 0 Å². The van der Waals surface area contributed by atoms with Crippen molar-refractivity contribution in [3.63, 3.8) is 0 Å². The van der Waals surface area contributed by atoms with Gasteiger partial charge in [0.2, 0.25) is 0 Å². The maximum absolute atomic E-state index is 12.8. The largest absolute Gasteiger partial charge is 0.472 e. The number of likely N-dealkylation sites (N-methyl/N-ethyl adjacent to an activating group) is 1. The van der Waals surface area contributed by atoms with Crippen molar-refractivity contribution in [1.29, 1.82) is 0 Å². The first-order valence-corrected chi connectivity index (χ1v) is 32.4. The van der Waals surface area contributed by atoms with Crippen molar-refractivity contribution in [3.05, 3.63) is 170 Å². The Morgan fingerprint density at radius 3 is 1.00 bits per heavy atom. The molecule has 0 aliphatic rings. The summed E-state index contributed by atoms with van der Waals surface area (Å²) >= 11 is 0. The van der Waals surface area contributed by atoms with Crippen LogP contribution >= 0.6 is 7.82 Å². The molecule has 0 aromatic rings. The average molecular weight is 1130 g/mol. The fourth-order valence-corrected chi connectivity index (χ4v) is 8.30. The molecule has 2 unspecified atom stereocenters. The molecule has 0 saturated carbocycles. The third-order valence-corrected chi connectivity index (χ3v) is 13.2. The SMILES string of the molecule is CC/C=C\C/C=C\C/C=C\C/C=C\C/C=C\C/C=C\C/C=C\C/C=C\C/C=C\C/C=C\C/C=C\CCCCCCCC(=O)OC(COC(=O)CCCCCCCCC/C=C\C/C=C\C/C=C\CC)COP(=O)(O)OCC[N+](C)(C)C. The molecule has 0 bridgehead atoms. The van der Waals surface area contributed by atoms with E-state index < -0.39 is 32.5 Å².